The van der Waals surface area contributed by atoms with Gasteiger partial charge in [-0.15, -0.1) is 0 Å². The molecule has 0 saturated carbocycles. The average Bonchev–Trinajstić information content (AvgIpc) is 2.77. The SMILES string of the molecule is O=C(COc1ccc(Cl)cc1)N1CCN(C(=O)c2cccnc2S(=O)(=O)C(F)(F)F)CC1. The van der Waals surface area contributed by atoms with Crippen LogP contribution in [0.25, 0.3) is 0 Å². The summed E-state index contributed by atoms with van der Waals surface area (Å²) in [5.74, 6) is -0.800. The number of pyridine rings is 1. The van der Waals surface area contributed by atoms with Gasteiger partial charge in [-0.2, -0.15) is 13.2 Å². The van der Waals surface area contributed by atoms with Crippen molar-refractivity contribution in [1.82, 2.24) is 14.8 Å². The Balaban J connectivity index is 1.63. The number of piperazine rings is 1. The van der Waals surface area contributed by atoms with E-state index < -0.39 is 31.8 Å². The van der Waals surface area contributed by atoms with Crippen LogP contribution in [-0.4, -0.2) is 73.3 Å². The lowest BCUT2D eigenvalue weighted by molar-refractivity contribution is -0.134. The minimum Gasteiger partial charge on any atom is -0.484 e. The van der Waals surface area contributed by atoms with Crippen molar-refractivity contribution in [1.29, 1.82) is 0 Å². The highest BCUT2D eigenvalue weighted by molar-refractivity contribution is 7.92. The second-order valence-electron chi connectivity index (χ2n) is 6.72. The molecular weight excluding hydrogens is 475 g/mol. The molecule has 0 atom stereocenters. The van der Waals surface area contributed by atoms with E-state index in [2.05, 4.69) is 4.98 Å². The van der Waals surface area contributed by atoms with Gasteiger partial charge in [0.25, 0.3) is 21.7 Å². The summed E-state index contributed by atoms with van der Waals surface area (Å²) in [5.41, 5.74) is -6.26. The molecule has 2 aromatic rings. The van der Waals surface area contributed by atoms with E-state index in [1.807, 2.05) is 0 Å². The van der Waals surface area contributed by atoms with Gasteiger partial charge in [-0.05, 0) is 36.4 Å². The molecule has 1 fully saturated rings. The number of hydrogen-bond donors (Lipinski definition) is 0. The van der Waals surface area contributed by atoms with Crippen molar-refractivity contribution in [2.75, 3.05) is 32.8 Å². The van der Waals surface area contributed by atoms with E-state index in [0.717, 1.165) is 12.3 Å². The topological polar surface area (TPSA) is 96.9 Å². The first kappa shape index (κ1) is 23.8. The zero-order valence-corrected chi connectivity index (χ0v) is 18.0. The Morgan fingerprint density at radius 1 is 1.03 bits per heavy atom. The second kappa shape index (κ2) is 9.33. The first-order valence-corrected chi connectivity index (χ1v) is 11.1. The van der Waals surface area contributed by atoms with Crippen molar-refractivity contribution in [2.45, 2.75) is 10.5 Å². The number of nitrogens with zero attached hydrogens (tertiary/aromatic N) is 3. The van der Waals surface area contributed by atoms with Crippen LogP contribution in [0.4, 0.5) is 13.2 Å². The molecule has 1 aliphatic rings. The number of aromatic nitrogens is 1. The molecule has 172 valence electrons. The van der Waals surface area contributed by atoms with E-state index in [1.165, 1.54) is 15.9 Å². The smallest absolute Gasteiger partial charge is 0.484 e. The summed E-state index contributed by atoms with van der Waals surface area (Å²) < 4.78 is 67.8. The maximum atomic E-state index is 12.9. The lowest BCUT2D eigenvalue weighted by Gasteiger charge is -2.34. The third kappa shape index (κ3) is 5.13. The van der Waals surface area contributed by atoms with Crippen molar-refractivity contribution in [3.63, 3.8) is 0 Å². The molecule has 1 aromatic carbocycles. The van der Waals surface area contributed by atoms with Crippen LogP contribution in [0.15, 0.2) is 47.6 Å². The summed E-state index contributed by atoms with van der Waals surface area (Å²) >= 11 is 5.78. The number of ether oxygens (including phenoxy) is 1. The van der Waals surface area contributed by atoms with E-state index in [-0.39, 0.29) is 38.7 Å². The van der Waals surface area contributed by atoms with Gasteiger partial charge in [0.1, 0.15) is 5.75 Å². The van der Waals surface area contributed by atoms with Crippen molar-refractivity contribution >= 4 is 33.3 Å². The first-order valence-electron chi connectivity index (χ1n) is 9.22. The Kier molecular flexibility index (Phi) is 6.94. The highest BCUT2D eigenvalue weighted by Gasteiger charge is 2.49. The molecule has 3 rings (SSSR count). The molecule has 8 nitrogen and oxygen atoms in total. The Morgan fingerprint density at radius 3 is 2.22 bits per heavy atom. The Morgan fingerprint density at radius 2 is 1.62 bits per heavy atom. The third-order valence-electron chi connectivity index (χ3n) is 4.66. The summed E-state index contributed by atoms with van der Waals surface area (Å²) in [4.78, 5) is 31.0. The summed E-state index contributed by atoms with van der Waals surface area (Å²) in [6.45, 7) is -0.0175. The quantitative estimate of drug-likeness (QED) is 0.637. The zero-order valence-electron chi connectivity index (χ0n) is 16.4. The first-order chi connectivity index (χ1) is 15.0. The van der Waals surface area contributed by atoms with E-state index in [1.54, 1.807) is 24.3 Å². The largest absolute Gasteiger partial charge is 0.503 e. The molecule has 0 N–H and O–H groups in total. The van der Waals surface area contributed by atoms with Crippen molar-refractivity contribution in [3.8, 4) is 5.75 Å². The molecule has 32 heavy (non-hydrogen) atoms. The average molecular weight is 492 g/mol. The van der Waals surface area contributed by atoms with Crippen LogP contribution in [0.5, 0.6) is 5.75 Å². The number of sulfone groups is 1. The lowest BCUT2D eigenvalue weighted by atomic mass is 10.2. The normalized spacial score (nSPS) is 14.9. The minimum absolute atomic E-state index is 0.00587. The molecule has 0 unspecified atom stereocenters. The second-order valence-corrected chi connectivity index (χ2v) is 9.01. The third-order valence-corrected chi connectivity index (χ3v) is 6.35. The van der Waals surface area contributed by atoms with Gasteiger partial charge in [0.2, 0.25) is 0 Å². The molecule has 0 radical (unpaired) electrons. The number of alkyl halides is 3. The van der Waals surface area contributed by atoms with Crippen LogP contribution < -0.4 is 4.74 Å². The summed E-state index contributed by atoms with van der Waals surface area (Å²) in [7, 11) is -5.80. The van der Waals surface area contributed by atoms with Crippen molar-refractivity contribution < 1.29 is 35.9 Å². The highest BCUT2D eigenvalue weighted by atomic mass is 35.5. The van der Waals surface area contributed by atoms with Crippen LogP contribution in [0.3, 0.4) is 0 Å². The predicted octanol–water partition coefficient (Wildman–Crippen LogP) is 2.39. The molecule has 0 aliphatic carbocycles. The highest BCUT2D eigenvalue weighted by Crippen LogP contribution is 2.31. The van der Waals surface area contributed by atoms with Crippen LogP contribution in [-0.2, 0) is 14.6 Å². The molecule has 2 heterocycles. The van der Waals surface area contributed by atoms with Gasteiger partial charge in [0, 0.05) is 37.4 Å². The van der Waals surface area contributed by atoms with Gasteiger partial charge in [0.05, 0.1) is 5.56 Å². The van der Waals surface area contributed by atoms with Crippen LogP contribution >= 0.6 is 11.6 Å². The molecule has 1 aromatic heterocycles. The predicted molar refractivity (Wildman–Crippen MR) is 107 cm³/mol. The molecule has 1 aliphatic heterocycles. The van der Waals surface area contributed by atoms with Crippen molar-refractivity contribution in [3.05, 3.63) is 53.2 Å². The number of benzene rings is 1. The van der Waals surface area contributed by atoms with Crippen LogP contribution in [0.2, 0.25) is 5.02 Å². The van der Waals surface area contributed by atoms with Crippen molar-refractivity contribution in [2.24, 2.45) is 0 Å². The van der Waals surface area contributed by atoms with Crippen LogP contribution in [0, 0.1) is 0 Å². The minimum atomic E-state index is -5.80. The lowest BCUT2D eigenvalue weighted by Crippen LogP contribution is -2.51. The summed E-state index contributed by atoms with van der Waals surface area (Å²) in [5, 5.41) is -0.823. The molecule has 1 saturated heterocycles. The van der Waals surface area contributed by atoms with E-state index >= 15 is 0 Å². The van der Waals surface area contributed by atoms with Gasteiger partial charge in [-0.25, -0.2) is 13.4 Å². The molecule has 2 amide bonds. The Hall–Kier alpha value is -2.86. The number of rotatable bonds is 5. The maximum Gasteiger partial charge on any atom is 0.503 e. The monoisotopic (exact) mass is 491 g/mol. The fourth-order valence-corrected chi connectivity index (χ4v) is 3.96. The number of carbonyl (C=O) groups excluding carboxylic acids is 2. The van der Waals surface area contributed by atoms with Crippen LogP contribution in [0.1, 0.15) is 10.4 Å². The molecule has 0 spiro atoms. The Labute approximate surface area is 186 Å². The van der Waals surface area contributed by atoms with Gasteiger partial charge in [-0.3, -0.25) is 9.59 Å². The van der Waals surface area contributed by atoms with Gasteiger partial charge >= 0.3 is 5.51 Å². The number of amides is 2. The summed E-state index contributed by atoms with van der Waals surface area (Å²) in [6, 6.07) is 8.58. The zero-order chi connectivity index (χ0) is 23.5. The number of halogens is 4. The van der Waals surface area contributed by atoms with Gasteiger partial charge in [0.15, 0.2) is 11.6 Å². The number of carbonyl (C=O) groups is 2. The molecule has 13 heteroatoms. The van der Waals surface area contributed by atoms with E-state index in [9.17, 15) is 31.2 Å². The molecule has 0 bridgehead atoms. The fraction of sp³-hybridized carbons (Fsp3) is 0.316. The Bertz CT molecular complexity index is 1100. The van der Waals surface area contributed by atoms with Gasteiger partial charge < -0.3 is 14.5 Å². The van der Waals surface area contributed by atoms with E-state index in [0.29, 0.717) is 10.8 Å². The fourth-order valence-electron chi connectivity index (χ4n) is 2.97. The van der Waals surface area contributed by atoms with E-state index in [4.69, 9.17) is 16.3 Å². The molecular formula is C19H17ClF3N3O5S. The maximum absolute atomic E-state index is 12.9. The standard InChI is InChI=1S/C19H17ClF3N3O5S/c20-13-3-5-14(6-4-13)31-12-16(27)25-8-10-26(11-9-25)18(28)15-2-1-7-24-17(15)32(29,30)19(21,22)23/h1-7H,8-12H2. The van der Waals surface area contributed by atoms with Gasteiger partial charge in [-0.1, -0.05) is 11.6 Å². The number of hydrogen-bond acceptors (Lipinski definition) is 6. The summed E-state index contributed by atoms with van der Waals surface area (Å²) in [6.07, 6.45) is 0.868.